The monoisotopic (exact) mass is 236 g/mol. The fraction of sp³-hybridized carbons (Fsp3) is 0.182. The van der Waals surface area contributed by atoms with Gasteiger partial charge in [0.25, 0.3) is 0 Å². The van der Waals surface area contributed by atoms with Crippen LogP contribution in [0.25, 0.3) is 0 Å². The normalized spacial score (nSPS) is 11.5. The van der Waals surface area contributed by atoms with Crippen molar-refractivity contribution in [3.05, 3.63) is 54.6 Å². The van der Waals surface area contributed by atoms with Crippen molar-refractivity contribution in [3.8, 4) is 0 Å². The van der Waals surface area contributed by atoms with E-state index >= 15 is 0 Å². The van der Waals surface area contributed by atoms with Gasteiger partial charge in [-0.05, 0) is 12.0 Å². The van der Waals surface area contributed by atoms with Gasteiger partial charge in [0.1, 0.15) is 6.33 Å². The van der Waals surface area contributed by atoms with E-state index in [-0.39, 0.29) is 5.75 Å². The third-order valence-corrected chi connectivity index (χ3v) is 3.87. The molecule has 0 saturated heterocycles. The van der Waals surface area contributed by atoms with E-state index in [0.29, 0.717) is 6.42 Å². The molecule has 0 aliphatic heterocycles. The molecule has 5 heteroatoms. The largest absolute Gasteiger partial charge is 0.244 e. The first-order valence-electron chi connectivity index (χ1n) is 4.93. The summed E-state index contributed by atoms with van der Waals surface area (Å²) < 4.78 is 24.7. The lowest BCUT2D eigenvalue weighted by Crippen LogP contribution is -2.16. The average molecular weight is 236 g/mol. The molecule has 1 aromatic carbocycles. The first kappa shape index (κ1) is 10.9. The van der Waals surface area contributed by atoms with Gasteiger partial charge < -0.3 is 0 Å². The molecule has 4 nitrogen and oxygen atoms in total. The molecular formula is C11H12N2O2S. The van der Waals surface area contributed by atoms with Crippen LogP contribution in [0.15, 0.2) is 49.1 Å². The van der Waals surface area contributed by atoms with E-state index in [4.69, 9.17) is 0 Å². The Morgan fingerprint density at radius 3 is 2.56 bits per heavy atom. The summed E-state index contributed by atoms with van der Waals surface area (Å²) in [6.45, 7) is 0. The summed E-state index contributed by atoms with van der Waals surface area (Å²) in [5, 5.41) is 0. The molecule has 0 aliphatic rings. The van der Waals surface area contributed by atoms with Crippen LogP contribution in [0.2, 0.25) is 0 Å². The summed E-state index contributed by atoms with van der Waals surface area (Å²) >= 11 is 0. The lowest BCUT2D eigenvalue weighted by molar-refractivity contribution is 0.586. The summed E-state index contributed by atoms with van der Waals surface area (Å²) in [6, 6.07) is 9.55. The second-order valence-electron chi connectivity index (χ2n) is 3.44. The van der Waals surface area contributed by atoms with Crippen LogP contribution in [0.5, 0.6) is 0 Å². The highest BCUT2D eigenvalue weighted by molar-refractivity contribution is 7.89. The molecule has 0 aliphatic carbocycles. The average Bonchev–Trinajstić information content (AvgIpc) is 2.82. The van der Waals surface area contributed by atoms with Crippen molar-refractivity contribution in [2.24, 2.45) is 0 Å². The van der Waals surface area contributed by atoms with Crippen molar-refractivity contribution in [2.75, 3.05) is 5.75 Å². The standard InChI is InChI=1S/C11H12N2O2S/c14-16(15,13-8-7-12-10-13)9-6-11-4-2-1-3-5-11/h1-5,7-8,10H,6,9H2. The van der Waals surface area contributed by atoms with Crippen LogP contribution in [0.3, 0.4) is 0 Å². The van der Waals surface area contributed by atoms with E-state index in [1.54, 1.807) is 0 Å². The summed E-state index contributed by atoms with van der Waals surface area (Å²) in [5.41, 5.74) is 1.02. The van der Waals surface area contributed by atoms with Crippen molar-refractivity contribution in [2.45, 2.75) is 6.42 Å². The third-order valence-electron chi connectivity index (χ3n) is 2.29. The Balaban J connectivity index is 2.07. The Hall–Kier alpha value is -1.62. The molecule has 0 amide bonds. The molecule has 0 N–H and O–H groups in total. The van der Waals surface area contributed by atoms with Gasteiger partial charge in [0.2, 0.25) is 10.0 Å². The highest BCUT2D eigenvalue weighted by atomic mass is 32.2. The van der Waals surface area contributed by atoms with E-state index < -0.39 is 10.0 Å². The van der Waals surface area contributed by atoms with Crippen LogP contribution in [0, 0.1) is 0 Å². The van der Waals surface area contributed by atoms with Crippen LogP contribution in [-0.2, 0) is 16.4 Å². The van der Waals surface area contributed by atoms with Gasteiger partial charge in [-0.15, -0.1) is 0 Å². The molecule has 0 spiro atoms. The van der Waals surface area contributed by atoms with Crippen LogP contribution < -0.4 is 0 Å². The molecule has 0 unspecified atom stereocenters. The molecule has 2 rings (SSSR count). The van der Waals surface area contributed by atoms with E-state index in [1.807, 2.05) is 30.3 Å². The Morgan fingerprint density at radius 2 is 1.94 bits per heavy atom. The maximum absolute atomic E-state index is 11.8. The number of rotatable bonds is 4. The van der Waals surface area contributed by atoms with Crippen molar-refractivity contribution in [3.63, 3.8) is 0 Å². The SMILES string of the molecule is O=S(=O)(CCc1ccccc1)n1ccnc1. The van der Waals surface area contributed by atoms with Crippen LogP contribution in [0.1, 0.15) is 5.56 Å². The van der Waals surface area contributed by atoms with Gasteiger partial charge in [-0.2, -0.15) is 0 Å². The molecule has 16 heavy (non-hydrogen) atoms. The summed E-state index contributed by atoms with van der Waals surface area (Å²) in [4.78, 5) is 3.73. The number of imidazole rings is 1. The van der Waals surface area contributed by atoms with Crippen LogP contribution in [-0.4, -0.2) is 23.1 Å². The highest BCUT2D eigenvalue weighted by Gasteiger charge is 2.11. The topological polar surface area (TPSA) is 52.0 Å². The zero-order chi connectivity index (χ0) is 11.4. The molecule has 1 aromatic heterocycles. The molecule has 0 atom stereocenters. The van der Waals surface area contributed by atoms with Gasteiger partial charge in [0.05, 0.1) is 5.75 Å². The highest BCUT2D eigenvalue weighted by Crippen LogP contribution is 2.04. The summed E-state index contributed by atoms with van der Waals surface area (Å²) in [6.07, 6.45) is 4.72. The van der Waals surface area contributed by atoms with Crippen LogP contribution >= 0.6 is 0 Å². The second kappa shape index (κ2) is 4.49. The van der Waals surface area contributed by atoms with Crippen molar-refractivity contribution in [1.29, 1.82) is 0 Å². The van der Waals surface area contributed by atoms with Gasteiger partial charge in [-0.25, -0.2) is 17.4 Å². The molecule has 0 bridgehead atoms. The van der Waals surface area contributed by atoms with Gasteiger partial charge in [-0.3, -0.25) is 0 Å². The molecule has 0 radical (unpaired) electrons. The van der Waals surface area contributed by atoms with Crippen molar-refractivity contribution in [1.82, 2.24) is 8.96 Å². The van der Waals surface area contributed by atoms with E-state index in [9.17, 15) is 8.42 Å². The van der Waals surface area contributed by atoms with Gasteiger partial charge in [0.15, 0.2) is 0 Å². The lowest BCUT2D eigenvalue weighted by atomic mass is 10.2. The van der Waals surface area contributed by atoms with Gasteiger partial charge in [-0.1, -0.05) is 30.3 Å². The molecule has 2 aromatic rings. The Bertz CT molecular complexity index is 533. The maximum atomic E-state index is 11.8. The number of hydrogen-bond donors (Lipinski definition) is 0. The number of benzene rings is 1. The Morgan fingerprint density at radius 1 is 1.19 bits per heavy atom. The smallest absolute Gasteiger partial charge is 0.240 e. The second-order valence-corrected chi connectivity index (χ2v) is 5.44. The fourth-order valence-corrected chi connectivity index (χ4v) is 2.55. The van der Waals surface area contributed by atoms with Crippen molar-refractivity contribution >= 4 is 10.0 Å². The molecule has 1 heterocycles. The molecule has 84 valence electrons. The minimum absolute atomic E-state index is 0.0906. The maximum Gasteiger partial charge on any atom is 0.240 e. The predicted octanol–water partition coefficient (Wildman–Crippen LogP) is 1.30. The molecule has 0 fully saturated rings. The zero-order valence-electron chi connectivity index (χ0n) is 8.65. The summed E-state index contributed by atoms with van der Waals surface area (Å²) in [5.74, 6) is 0.0906. The number of hydrogen-bond acceptors (Lipinski definition) is 3. The van der Waals surface area contributed by atoms with E-state index in [0.717, 1.165) is 9.54 Å². The van der Waals surface area contributed by atoms with E-state index in [1.165, 1.54) is 18.7 Å². The first-order chi connectivity index (χ1) is 7.68. The quantitative estimate of drug-likeness (QED) is 0.804. The van der Waals surface area contributed by atoms with Gasteiger partial charge >= 0.3 is 0 Å². The van der Waals surface area contributed by atoms with Gasteiger partial charge in [0, 0.05) is 12.4 Å². The van der Waals surface area contributed by atoms with E-state index in [2.05, 4.69) is 4.98 Å². The summed E-state index contributed by atoms with van der Waals surface area (Å²) in [7, 11) is -3.26. The Labute approximate surface area is 94.6 Å². The first-order valence-corrected chi connectivity index (χ1v) is 6.54. The minimum atomic E-state index is -3.26. The number of nitrogens with zero attached hydrogens (tertiary/aromatic N) is 2. The third kappa shape index (κ3) is 2.49. The zero-order valence-corrected chi connectivity index (χ0v) is 9.47. The molecule has 0 saturated carbocycles. The van der Waals surface area contributed by atoms with Crippen molar-refractivity contribution < 1.29 is 8.42 Å². The fourth-order valence-electron chi connectivity index (χ4n) is 1.41. The Kier molecular flexibility index (Phi) is 3.05. The lowest BCUT2D eigenvalue weighted by Gasteiger charge is -2.04. The predicted molar refractivity (Wildman–Crippen MR) is 61.6 cm³/mol. The molecular weight excluding hydrogens is 224 g/mol. The number of aromatic nitrogens is 2. The van der Waals surface area contributed by atoms with Crippen LogP contribution in [0.4, 0.5) is 0 Å². The number of aryl methyl sites for hydroxylation is 1. The minimum Gasteiger partial charge on any atom is -0.244 e.